The Morgan fingerprint density at radius 2 is 1.86 bits per heavy atom. The monoisotopic (exact) mass is 522 g/mol. The van der Waals surface area contributed by atoms with Crippen LogP contribution in [0.3, 0.4) is 0 Å². The Morgan fingerprint density at radius 1 is 1.14 bits per heavy atom. The minimum atomic E-state index is -0.233. The lowest BCUT2D eigenvalue weighted by atomic mass is 10.1. The van der Waals surface area contributed by atoms with Crippen LogP contribution in [0, 0.1) is 0 Å². The van der Waals surface area contributed by atoms with Crippen molar-refractivity contribution >= 4 is 51.7 Å². The quantitative estimate of drug-likeness (QED) is 0.371. The van der Waals surface area contributed by atoms with Crippen molar-refractivity contribution in [2.24, 2.45) is 0 Å². The van der Waals surface area contributed by atoms with Crippen LogP contribution in [-0.2, 0) is 16.1 Å². The first-order valence-electron chi connectivity index (χ1n) is 11.6. The summed E-state index contributed by atoms with van der Waals surface area (Å²) in [7, 11) is 1.61. The van der Waals surface area contributed by atoms with Gasteiger partial charge in [-0.25, -0.2) is 4.98 Å². The number of hydrogen-bond acceptors (Lipinski definition) is 8. The number of fused-ring (bicyclic) bond motifs is 1. The number of rotatable bonds is 5. The molecule has 1 aromatic carbocycles. The van der Waals surface area contributed by atoms with E-state index >= 15 is 0 Å². The summed E-state index contributed by atoms with van der Waals surface area (Å²) in [6.45, 7) is 5.53. The number of anilines is 1. The van der Waals surface area contributed by atoms with Gasteiger partial charge in [0, 0.05) is 19.3 Å². The normalized spacial score (nSPS) is 21.6. The Labute approximate surface area is 218 Å². The summed E-state index contributed by atoms with van der Waals surface area (Å²) in [4.78, 5) is 35.8. The van der Waals surface area contributed by atoms with Gasteiger partial charge in [0.05, 0.1) is 36.3 Å². The highest BCUT2D eigenvalue weighted by Crippen LogP contribution is 2.35. The molecule has 2 saturated heterocycles. The molecule has 2 aliphatic heterocycles. The predicted molar refractivity (Wildman–Crippen MR) is 145 cm³/mol. The average molecular weight is 523 g/mol. The molecule has 0 spiro atoms. The molecule has 5 rings (SSSR count). The molecular formula is C26H26N4O4S2. The van der Waals surface area contributed by atoms with Crippen molar-refractivity contribution in [3.63, 3.8) is 0 Å². The summed E-state index contributed by atoms with van der Waals surface area (Å²) in [5.74, 6) is 1.06. The van der Waals surface area contributed by atoms with Crippen LogP contribution in [-0.4, -0.2) is 56.9 Å². The molecule has 186 valence electrons. The van der Waals surface area contributed by atoms with E-state index in [0.29, 0.717) is 45.9 Å². The summed E-state index contributed by atoms with van der Waals surface area (Å²) in [6, 6.07) is 12.9. The number of hydrogen-bond donors (Lipinski definition) is 0. The van der Waals surface area contributed by atoms with Gasteiger partial charge in [0.15, 0.2) is 0 Å². The molecule has 8 nitrogen and oxygen atoms in total. The van der Waals surface area contributed by atoms with Crippen LogP contribution in [0.2, 0.25) is 0 Å². The Balaban J connectivity index is 1.53. The lowest BCUT2D eigenvalue weighted by Gasteiger charge is -2.36. The second-order valence-electron chi connectivity index (χ2n) is 8.86. The largest absolute Gasteiger partial charge is 0.497 e. The molecule has 0 saturated carbocycles. The Bertz CT molecular complexity index is 1410. The van der Waals surface area contributed by atoms with Crippen molar-refractivity contribution < 1.29 is 14.3 Å². The zero-order valence-corrected chi connectivity index (χ0v) is 21.8. The van der Waals surface area contributed by atoms with Crippen molar-refractivity contribution in [3.8, 4) is 5.75 Å². The maximum atomic E-state index is 13.6. The molecule has 10 heteroatoms. The van der Waals surface area contributed by atoms with Gasteiger partial charge in [-0.15, -0.1) is 0 Å². The van der Waals surface area contributed by atoms with Crippen LogP contribution in [0.4, 0.5) is 5.82 Å². The minimum absolute atomic E-state index is 0.0136. The lowest BCUT2D eigenvalue weighted by Crippen LogP contribution is -2.46. The van der Waals surface area contributed by atoms with E-state index in [1.54, 1.807) is 36.4 Å². The molecule has 2 aliphatic rings. The van der Waals surface area contributed by atoms with E-state index in [-0.39, 0.29) is 23.7 Å². The fraction of sp³-hybridized carbons (Fsp3) is 0.308. The van der Waals surface area contributed by atoms with Gasteiger partial charge in [-0.05, 0) is 49.8 Å². The molecule has 0 N–H and O–H groups in total. The van der Waals surface area contributed by atoms with Crippen LogP contribution in [0.25, 0.3) is 11.7 Å². The number of thiocarbonyl (C=S) groups is 1. The van der Waals surface area contributed by atoms with E-state index in [9.17, 15) is 9.59 Å². The maximum Gasteiger partial charge on any atom is 0.267 e. The van der Waals surface area contributed by atoms with Crippen molar-refractivity contribution in [1.82, 2.24) is 14.3 Å². The van der Waals surface area contributed by atoms with Gasteiger partial charge in [0.25, 0.3) is 11.5 Å². The third-order valence-corrected chi connectivity index (χ3v) is 7.49. The molecule has 2 unspecified atom stereocenters. The number of nitrogens with zero attached hydrogens (tertiary/aromatic N) is 4. The number of carbonyl (C=O) groups is 1. The third-order valence-electron chi connectivity index (χ3n) is 6.12. The summed E-state index contributed by atoms with van der Waals surface area (Å²) in [6.07, 6.45) is 3.30. The molecule has 0 radical (unpaired) electrons. The Morgan fingerprint density at radius 3 is 2.56 bits per heavy atom. The van der Waals surface area contributed by atoms with Crippen LogP contribution < -0.4 is 15.2 Å². The fourth-order valence-corrected chi connectivity index (χ4v) is 5.73. The van der Waals surface area contributed by atoms with Crippen molar-refractivity contribution in [2.75, 3.05) is 25.1 Å². The molecule has 2 fully saturated rings. The van der Waals surface area contributed by atoms with E-state index in [1.807, 2.05) is 44.2 Å². The van der Waals surface area contributed by atoms with Crippen LogP contribution >= 0.6 is 24.0 Å². The number of morpholine rings is 1. The van der Waals surface area contributed by atoms with Crippen molar-refractivity contribution in [1.29, 1.82) is 0 Å². The van der Waals surface area contributed by atoms with Crippen LogP contribution in [0.15, 0.2) is 58.4 Å². The number of amides is 1. The van der Waals surface area contributed by atoms with Gasteiger partial charge in [0.1, 0.15) is 21.5 Å². The van der Waals surface area contributed by atoms with Crippen molar-refractivity contribution in [2.45, 2.75) is 32.6 Å². The molecule has 2 atom stereocenters. The predicted octanol–water partition coefficient (Wildman–Crippen LogP) is 3.72. The Hall–Kier alpha value is -3.21. The lowest BCUT2D eigenvalue weighted by molar-refractivity contribution is -0.122. The van der Waals surface area contributed by atoms with Crippen molar-refractivity contribution in [3.05, 3.63) is 75.0 Å². The van der Waals surface area contributed by atoms with Crippen LogP contribution in [0.1, 0.15) is 25.0 Å². The van der Waals surface area contributed by atoms with Gasteiger partial charge in [-0.3, -0.25) is 18.9 Å². The molecular weight excluding hydrogens is 496 g/mol. The Kier molecular flexibility index (Phi) is 6.83. The number of methoxy groups -OCH3 is 1. The number of thioether (sulfide) groups is 1. The maximum absolute atomic E-state index is 13.6. The molecule has 4 heterocycles. The number of aromatic nitrogens is 2. The molecule has 3 aromatic rings. The van der Waals surface area contributed by atoms with E-state index in [0.717, 1.165) is 11.3 Å². The van der Waals surface area contributed by atoms with E-state index in [1.165, 1.54) is 16.2 Å². The number of carbonyl (C=O) groups excluding carboxylic acids is 1. The van der Waals surface area contributed by atoms with Crippen LogP contribution in [0.5, 0.6) is 5.75 Å². The SMILES string of the molecule is COc1ccc(CN2C(=O)C(=Cc3c(N4CC(C)OC(C)C4)nc4ccccn4c3=O)SC2=S)cc1. The van der Waals surface area contributed by atoms with Gasteiger partial charge >= 0.3 is 0 Å². The number of ether oxygens (including phenoxy) is 2. The highest BCUT2D eigenvalue weighted by atomic mass is 32.2. The van der Waals surface area contributed by atoms with E-state index in [4.69, 9.17) is 26.7 Å². The topological polar surface area (TPSA) is 76.4 Å². The average Bonchev–Trinajstić information content (AvgIpc) is 3.12. The summed E-state index contributed by atoms with van der Waals surface area (Å²) in [5.41, 5.74) is 1.61. The third kappa shape index (κ3) is 4.76. The first kappa shape index (κ1) is 24.5. The highest BCUT2D eigenvalue weighted by Gasteiger charge is 2.33. The molecule has 0 bridgehead atoms. The molecule has 0 aliphatic carbocycles. The summed E-state index contributed by atoms with van der Waals surface area (Å²) >= 11 is 6.73. The molecule has 1 amide bonds. The second kappa shape index (κ2) is 10.0. The standard InChI is InChI=1S/C26H26N4O4S2/c1-16-13-28(14-17(2)34-16)23-20(24(31)29-11-5-4-6-22(29)27-23)12-21-25(32)30(26(35)36-21)15-18-7-9-19(33-3)10-8-18/h4-12,16-17H,13-15H2,1-3H3. The number of pyridine rings is 1. The first-order valence-corrected chi connectivity index (χ1v) is 12.9. The van der Waals surface area contributed by atoms with E-state index < -0.39 is 0 Å². The molecule has 36 heavy (non-hydrogen) atoms. The zero-order valence-electron chi connectivity index (χ0n) is 20.2. The zero-order chi connectivity index (χ0) is 25.4. The smallest absolute Gasteiger partial charge is 0.267 e. The van der Waals surface area contributed by atoms with Gasteiger partial charge in [0.2, 0.25) is 0 Å². The minimum Gasteiger partial charge on any atom is -0.497 e. The van der Waals surface area contributed by atoms with E-state index in [2.05, 4.69) is 4.90 Å². The van der Waals surface area contributed by atoms with Gasteiger partial charge < -0.3 is 14.4 Å². The number of benzene rings is 1. The van der Waals surface area contributed by atoms with Gasteiger partial charge in [-0.2, -0.15) is 0 Å². The highest BCUT2D eigenvalue weighted by molar-refractivity contribution is 8.26. The fourth-order valence-electron chi connectivity index (χ4n) is 4.49. The second-order valence-corrected chi connectivity index (χ2v) is 10.5. The summed E-state index contributed by atoms with van der Waals surface area (Å²) < 4.78 is 13.1. The first-order chi connectivity index (χ1) is 17.3. The molecule has 2 aromatic heterocycles. The van der Waals surface area contributed by atoms with Gasteiger partial charge in [-0.1, -0.05) is 42.2 Å². The summed E-state index contributed by atoms with van der Waals surface area (Å²) in [5, 5.41) is 0.